The van der Waals surface area contributed by atoms with Gasteiger partial charge in [-0.3, -0.25) is 9.88 Å². The van der Waals surface area contributed by atoms with Crippen molar-refractivity contribution in [1.82, 2.24) is 9.88 Å². The van der Waals surface area contributed by atoms with Crippen molar-refractivity contribution in [3.8, 4) is 0 Å². The molecule has 24 heavy (non-hydrogen) atoms. The van der Waals surface area contributed by atoms with Crippen molar-refractivity contribution in [2.24, 2.45) is 5.92 Å². The monoisotopic (exact) mass is 337 g/mol. The van der Waals surface area contributed by atoms with Crippen molar-refractivity contribution >= 4 is 5.69 Å². The molecule has 0 aliphatic carbocycles. The van der Waals surface area contributed by atoms with E-state index in [0.29, 0.717) is 12.5 Å². The molecule has 0 amide bonds. The molecule has 0 aromatic carbocycles. The molecule has 4 atom stereocenters. The molecule has 0 saturated carbocycles. The Morgan fingerprint density at radius 1 is 1.12 bits per heavy atom. The first kappa shape index (κ1) is 17.6. The first-order chi connectivity index (χ1) is 11.6. The summed E-state index contributed by atoms with van der Waals surface area (Å²) in [4.78, 5) is 8.40. The molecule has 7 nitrogen and oxygen atoms in total. The lowest BCUT2D eigenvalue weighted by Crippen LogP contribution is -2.63. The Labute approximate surface area is 142 Å². The van der Waals surface area contributed by atoms with E-state index < -0.39 is 24.4 Å². The number of aromatic nitrogens is 1. The summed E-state index contributed by atoms with van der Waals surface area (Å²) in [6.07, 6.45) is 2.39. The van der Waals surface area contributed by atoms with Crippen LogP contribution in [0.1, 0.15) is 12.8 Å². The second kappa shape index (κ2) is 7.76. The highest BCUT2D eigenvalue weighted by molar-refractivity contribution is 5.43. The highest BCUT2D eigenvalue weighted by Crippen LogP contribution is 2.26. The number of aliphatic hydroxyl groups is 4. The van der Waals surface area contributed by atoms with Gasteiger partial charge in [0.15, 0.2) is 0 Å². The van der Waals surface area contributed by atoms with E-state index in [9.17, 15) is 20.4 Å². The summed E-state index contributed by atoms with van der Waals surface area (Å²) in [5.41, 5.74) is 1.14. The van der Waals surface area contributed by atoms with Crippen molar-refractivity contribution in [3.63, 3.8) is 0 Å². The summed E-state index contributed by atoms with van der Waals surface area (Å²) in [5.74, 6) is 0.446. The van der Waals surface area contributed by atoms with Gasteiger partial charge in [-0.05, 0) is 30.9 Å². The van der Waals surface area contributed by atoms with Crippen LogP contribution in [0.25, 0.3) is 0 Å². The van der Waals surface area contributed by atoms with Crippen molar-refractivity contribution in [3.05, 3.63) is 24.5 Å². The van der Waals surface area contributed by atoms with E-state index in [1.54, 1.807) is 6.20 Å². The highest BCUT2D eigenvalue weighted by atomic mass is 16.4. The van der Waals surface area contributed by atoms with Crippen LogP contribution in [0.3, 0.4) is 0 Å². The summed E-state index contributed by atoms with van der Waals surface area (Å²) < 4.78 is 0. The van der Waals surface area contributed by atoms with E-state index in [4.69, 9.17) is 0 Å². The molecule has 0 spiro atoms. The second-order valence-electron chi connectivity index (χ2n) is 6.89. The number of aliphatic hydroxyl groups excluding tert-OH is 4. The lowest BCUT2D eigenvalue weighted by molar-refractivity contribution is -0.147. The lowest BCUT2D eigenvalue weighted by atomic mass is 9.90. The van der Waals surface area contributed by atoms with Gasteiger partial charge in [-0.1, -0.05) is 0 Å². The maximum absolute atomic E-state index is 10.1. The summed E-state index contributed by atoms with van der Waals surface area (Å²) in [6.45, 7) is 2.67. The third kappa shape index (κ3) is 3.70. The minimum absolute atomic E-state index is 0.223. The van der Waals surface area contributed by atoms with Crippen molar-refractivity contribution in [1.29, 1.82) is 0 Å². The molecule has 0 radical (unpaired) electrons. The van der Waals surface area contributed by atoms with E-state index in [1.807, 2.05) is 17.2 Å². The zero-order valence-corrected chi connectivity index (χ0v) is 13.8. The van der Waals surface area contributed by atoms with Crippen molar-refractivity contribution in [2.45, 2.75) is 37.2 Å². The number of anilines is 1. The van der Waals surface area contributed by atoms with E-state index in [-0.39, 0.29) is 13.2 Å². The van der Waals surface area contributed by atoms with Crippen molar-refractivity contribution < 1.29 is 20.4 Å². The molecule has 3 rings (SSSR count). The normalized spacial score (nSPS) is 32.9. The second-order valence-corrected chi connectivity index (χ2v) is 6.89. The zero-order chi connectivity index (χ0) is 17.1. The fraction of sp³-hybridized carbons (Fsp3) is 0.706. The average molecular weight is 337 g/mol. The van der Waals surface area contributed by atoms with Gasteiger partial charge in [0.1, 0.15) is 12.2 Å². The zero-order valence-electron chi connectivity index (χ0n) is 13.8. The Morgan fingerprint density at radius 3 is 2.50 bits per heavy atom. The molecule has 0 bridgehead atoms. The smallest absolute Gasteiger partial charge is 0.109 e. The molecule has 2 aliphatic rings. The predicted molar refractivity (Wildman–Crippen MR) is 89.6 cm³/mol. The number of rotatable bonds is 4. The summed E-state index contributed by atoms with van der Waals surface area (Å²) in [7, 11) is 0. The van der Waals surface area contributed by atoms with E-state index in [2.05, 4.69) is 16.0 Å². The molecule has 3 heterocycles. The molecule has 2 saturated heterocycles. The van der Waals surface area contributed by atoms with E-state index in [0.717, 1.165) is 31.6 Å². The Morgan fingerprint density at radius 2 is 1.88 bits per heavy atom. The summed E-state index contributed by atoms with van der Waals surface area (Å²) >= 11 is 0. The third-order valence-corrected chi connectivity index (χ3v) is 5.33. The lowest BCUT2D eigenvalue weighted by Gasteiger charge is -2.45. The molecule has 1 aromatic rings. The molecular formula is C17H27N3O4. The van der Waals surface area contributed by atoms with E-state index >= 15 is 0 Å². The Kier molecular flexibility index (Phi) is 5.68. The Balaban J connectivity index is 1.55. The van der Waals surface area contributed by atoms with Crippen LogP contribution in [-0.4, -0.2) is 87.4 Å². The van der Waals surface area contributed by atoms with Crippen molar-refractivity contribution in [2.75, 3.05) is 37.7 Å². The van der Waals surface area contributed by atoms with Gasteiger partial charge in [0.2, 0.25) is 0 Å². The van der Waals surface area contributed by atoms with Gasteiger partial charge >= 0.3 is 0 Å². The molecule has 134 valence electrons. The number of hydrogen-bond donors (Lipinski definition) is 4. The summed E-state index contributed by atoms with van der Waals surface area (Å²) in [6, 6.07) is 3.49. The number of hydrogen-bond acceptors (Lipinski definition) is 7. The predicted octanol–water partition coefficient (Wildman–Crippen LogP) is -0.943. The standard InChI is InChI=1S/C17H27N3O4/c21-11-14-16(23)17(24)15(22)10-20(14)9-12-3-6-19(7-4-12)13-2-1-5-18-8-13/h1-2,5,8,12,14-17,21-24H,3-4,6-7,9-11H2/t14-,15-,16+,17+/m0/s1. The average Bonchev–Trinajstić information content (AvgIpc) is 2.61. The molecule has 0 unspecified atom stereocenters. The number of β-amino-alcohol motifs (C(OH)–C–C–N with tert-alkyl or cyclic N) is 1. The van der Waals surface area contributed by atoms with Crippen LogP contribution in [0, 0.1) is 5.92 Å². The van der Waals surface area contributed by atoms with Gasteiger partial charge in [-0.2, -0.15) is 0 Å². The van der Waals surface area contributed by atoms with E-state index in [1.165, 1.54) is 0 Å². The fourth-order valence-corrected chi connectivity index (χ4v) is 3.83. The molecule has 2 aliphatic heterocycles. The maximum atomic E-state index is 10.1. The number of nitrogens with zero attached hydrogens (tertiary/aromatic N) is 3. The topological polar surface area (TPSA) is 100 Å². The van der Waals surface area contributed by atoms with Crippen LogP contribution >= 0.6 is 0 Å². The third-order valence-electron chi connectivity index (χ3n) is 5.33. The van der Waals surface area contributed by atoms with Gasteiger partial charge < -0.3 is 25.3 Å². The van der Waals surface area contributed by atoms with Gasteiger partial charge in [-0.15, -0.1) is 0 Å². The SMILES string of the molecule is OC[C@H]1[C@@H](O)[C@H](O)[C@@H](O)CN1CC1CCN(c2cccnc2)CC1. The fourth-order valence-electron chi connectivity index (χ4n) is 3.83. The number of piperidine rings is 2. The van der Waals surface area contributed by atoms with Crippen LogP contribution in [0.5, 0.6) is 0 Å². The van der Waals surface area contributed by atoms with Crippen LogP contribution in [0.15, 0.2) is 24.5 Å². The molecule has 4 N–H and O–H groups in total. The minimum atomic E-state index is -1.19. The summed E-state index contributed by atoms with van der Waals surface area (Å²) in [5, 5.41) is 39.3. The van der Waals surface area contributed by atoms with Gasteiger partial charge in [0.25, 0.3) is 0 Å². The Bertz CT molecular complexity index is 510. The first-order valence-corrected chi connectivity index (χ1v) is 8.64. The van der Waals surface area contributed by atoms with Crippen LogP contribution in [0.4, 0.5) is 5.69 Å². The molecule has 1 aromatic heterocycles. The number of pyridine rings is 1. The van der Waals surface area contributed by atoms with Crippen LogP contribution in [-0.2, 0) is 0 Å². The molecular weight excluding hydrogens is 310 g/mol. The molecule has 7 heteroatoms. The minimum Gasteiger partial charge on any atom is -0.395 e. The first-order valence-electron chi connectivity index (χ1n) is 8.64. The van der Waals surface area contributed by atoms with Crippen LogP contribution < -0.4 is 4.90 Å². The highest BCUT2D eigenvalue weighted by Gasteiger charge is 2.41. The van der Waals surface area contributed by atoms with Gasteiger partial charge in [0.05, 0.1) is 30.6 Å². The molecule has 2 fully saturated rings. The van der Waals surface area contributed by atoms with Gasteiger partial charge in [0, 0.05) is 32.4 Å². The quantitative estimate of drug-likeness (QED) is 0.562. The number of likely N-dealkylation sites (tertiary alicyclic amines) is 1. The van der Waals surface area contributed by atoms with Gasteiger partial charge in [-0.25, -0.2) is 0 Å². The maximum Gasteiger partial charge on any atom is 0.109 e. The largest absolute Gasteiger partial charge is 0.395 e. The van der Waals surface area contributed by atoms with Crippen LogP contribution in [0.2, 0.25) is 0 Å². The Hall–Kier alpha value is -1.25.